The van der Waals surface area contributed by atoms with Crippen molar-refractivity contribution in [3.8, 4) is 0 Å². The Kier molecular flexibility index (Phi) is 8.07. The fraction of sp³-hybridized carbons (Fsp3) is 0.111. The van der Waals surface area contributed by atoms with Gasteiger partial charge in [-0.2, -0.15) is 25.3 Å². The first-order valence-corrected chi connectivity index (χ1v) is 4.84. The highest BCUT2D eigenvalue weighted by molar-refractivity contribution is 7.83. The van der Waals surface area contributed by atoms with Gasteiger partial charge in [0.2, 0.25) is 6.04 Å². The molecular formula is C9H11NO2S2. The minimum Gasteiger partial charge on any atom is -0.264 e. The highest BCUT2D eigenvalue weighted by atomic mass is 32.1. The van der Waals surface area contributed by atoms with E-state index in [-0.39, 0.29) is 4.92 Å². The topological polar surface area (TPSA) is 43.1 Å². The molecule has 0 fully saturated rings. The third kappa shape index (κ3) is 6.56. The number of hydrogen-bond acceptors (Lipinski definition) is 4. The van der Waals surface area contributed by atoms with Gasteiger partial charge in [0.15, 0.2) is 0 Å². The zero-order valence-corrected chi connectivity index (χ0v) is 9.14. The molecule has 0 bridgehead atoms. The van der Waals surface area contributed by atoms with Crippen LogP contribution >= 0.6 is 25.3 Å². The molecule has 0 aromatic carbocycles. The SMILES string of the molecule is O=[N+]([O-])C(/C=C/C=C/S)/C=C/C=C/S. The van der Waals surface area contributed by atoms with E-state index in [4.69, 9.17) is 0 Å². The molecular weight excluding hydrogens is 218 g/mol. The van der Waals surface area contributed by atoms with E-state index in [1.165, 1.54) is 23.0 Å². The van der Waals surface area contributed by atoms with Crippen LogP contribution in [0.4, 0.5) is 0 Å². The summed E-state index contributed by atoms with van der Waals surface area (Å²) in [6.07, 6.45) is 9.32. The van der Waals surface area contributed by atoms with Gasteiger partial charge in [-0.1, -0.05) is 24.3 Å². The largest absolute Gasteiger partial charge is 0.264 e. The molecule has 3 nitrogen and oxygen atoms in total. The Morgan fingerprint density at radius 3 is 1.71 bits per heavy atom. The summed E-state index contributed by atoms with van der Waals surface area (Å²) in [5.41, 5.74) is 0. The molecule has 5 heteroatoms. The summed E-state index contributed by atoms with van der Waals surface area (Å²) >= 11 is 7.64. The molecule has 0 saturated carbocycles. The van der Waals surface area contributed by atoms with Crippen molar-refractivity contribution in [1.82, 2.24) is 0 Å². The van der Waals surface area contributed by atoms with Gasteiger partial charge < -0.3 is 0 Å². The average Bonchev–Trinajstić information content (AvgIpc) is 2.15. The maximum absolute atomic E-state index is 10.5. The molecule has 0 unspecified atom stereocenters. The van der Waals surface area contributed by atoms with Crippen molar-refractivity contribution in [3.05, 3.63) is 57.4 Å². The lowest BCUT2D eigenvalue weighted by Crippen LogP contribution is -2.12. The van der Waals surface area contributed by atoms with Gasteiger partial charge in [0.1, 0.15) is 0 Å². The van der Waals surface area contributed by atoms with Crippen LogP contribution in [0.3, 0.4) is 0 Å². The Hall–Kier alpha value is -0.940. The van der Waals surface area contributed by atoms with Crippen LogP contribution in [0.1, 0.15) is 0 Å². The quantitative estimate of drug-likeness (QED) is 0.329. The highest BCUT2D eigenvalue weighted by Gasteiger charge is 2.09. The van der Waals surface area contributed by atoms with E-state index in [0.29, 0.717) is 0 Å². The summed E-state index contributed by atoms with van der Waals surface area (Å²) in [6.45, 7) is 0. The van der Waals surface area contributed by atoms with Gasteiger partial charge in [0.05, 0.1) is 0 Å². The molecule has 0 atom stereocenters. The number of rotatable bonds is 5. The Bertz CT molecular complexity index is 261. The number of thiol groups is 2. The van der Waals surface area contributed by atoms with Gasteiger partial charge in [0, 0.05) is 4.92 Å². The second-order valence-electron chi connectivity index (χ2n) is 2.23. The van der Waals surface area contributed by atoms with Crippen LogP contribution in [0.2, 0.25) is 0 Å². The zero-order valence-electron chi connectivity index (χ0n) is 7.35. The Labute approximate surface area is 93.9 Å². The molecule has 76 valence electrons. The van der Waals surface area contributed by atoms with Gasteiger partial charge >= 0.3 is 0 Å². The second kappa shape index (κ2) is 8.65. The molecule has 0 aliphatic carbocycles. The fourth-order valence-electron chi connectivity index (χ4n) is 0.660. The minimum atomic E-state index is -0.816. The molecule has 0 heterocycles. The third-order valence-corrected chi connectivity index (χ3v) is 1.60. The van der Waals surface area contributed by atoms with Crippen molar-refractivity contribution in [3.63, 3.8) is 0 Å². The van der Waals surface area contributed by atoms with Crippen LogP contribution in [0, 0.1) is 10.1 Å². The first kappa shape index (κ1) is 13.1. The molecule has 0 rings (SSSR count). The smallest absolute Gasteiger partial charge is 0.250 e. The van der Waals surface area contributed by atoms with E-state index in [9.17, 15) is 10.1 Å². The third-order valence-electron chi connectivity index (χ3n) is 1.25. The Balaban J connectivity index is 4.37. The summed E-state index contributed by atoms with van der Waals surface area (Å²) in [6, 6.07) is -0.816. The predicted molar refractivity (Wildman–Crippen MR) is 65.3 cm³/mol. The van der Waals surface area contributed by atoms with E-state index in [2.05, 4.69) is 25.3 Å². The summed E-state index contributed by atoms with van der Waals surface area (Å²) in [7, 11) is 0. The lowest BCUT2D eigenvalue weighted by atomic mass is 10.2. The molecule has 0 aliphatic heterocycles. The summed E-state index contributed by atoms with van der Waals surface area (Å²) in [5, 5.41) is 13.5. The number of nitro groups is 1. The Morgan fingerprint density at radius 1 is 1.00 bits per heavy atom. The van der Waals surface area contributed by atoms with Crippen LogP contribution in [-0.4, -0.2) is 11.0 Å². The molecule has 14 heavy (non-hydrogen) atoms. The van der Waals surface area contributed by atoms with E-state index >= 15 is 0 Å². The average molecular weight is 229 g/mol. The van der Waals surface area contributed by atoms with E-state index in [1.807, 2.05) is 0 Å². The van der Waals surface area contributed by atoms with E-state index < -0.39 is 6.04 Å². The number of nitrogens with zero attached hydrogens (tertiary/aromatic N) is 1. The predicted octanol–water partition coefficient (Wildman–Crippen LogP) is 2.63. The van der Waals surface area contributed by atoms with Crippen molar-refractivity contribution in [2.24, 2.45) is 0 Å². The maximum Gasteiger partial charge on any atom is 0.250 e. The monoisotopic (exact) mass is 229 g/mol. The van der Waals surface area contributed by atoms with Gasteiger partial charge in [0.25, 0.3) is 0 Å². The zero-order chi connectivity index (χ0) is 10.8. The Morgan fingerprint density at radius 2 is 1.43 bits per heavy atom. The molecule has 0 radical (unpaired) electrons. The highest BCUT2D eigenvalue weighted by Crippen LogP contribution is 1.97. The standard InChI is InChI=1S/C9H11NO2S2/c11-10(12)9(5-1-3-7-13)6-2-4-8-14/h1-9,13-14H/b5-1+,6-2+,7-3+,8-4+. The van der Waals surface area contributed by atoms with Crippen molar-refractivity contribution in [2.45, 2.75) is 6.04 Å². The van der Waals surface area contributed by atoms with Gasteiger partial charge in [-0.25, -0.2) is 0 Å². The molecule has 0 N–H and O–H groups in total. The molecule has 0 aromatic rings. The van der Waals surface area contributed by atoms with Crippen LogP contribution < -0.4 is 0 Å². The maximum atomic E-state index is 10.5. The normalized spacial score (nSPS) is 13.1. The fourth-order valence-corrected chi connectivity index (χ4v) is 0.859. The lowest BCUT2D eigenvalue weighted by Gasteiger charge is -1.95. The molecule has 0 aromatic heterocycles. The lowest BCUT2D eigenvalue weighted by molar-refractivity contribution is -0.496. The van der Waals surface area contributed by atoms with Crippen LogP contribution in [0.5, 0.6) is 0 Å². The minimum absolute atomic E-state index is 0.383. The van der Waals surface area contributed by atoms with Gasteiger partial charge in [-0.15, -0.1) is 0 Å². The summed E-state index contributed by atoms with van der Waals surface area (Å²) in [4.78, 5) is 10.1. The summed E-state index contributed by atoms with van der Waals surface area (Å²) < 4.78 is 0. The van der Waals surface area contributed by atoms with Crippen molar-refractivity contribution in [2.75, 3.05) is 0 Å². The van der Waals surface area contributed by atoms with Crippen LogP contribution in [0.15, 0.2) is 47.3 Å². The van der Waals surface area contributed by atoms with Crippen LogP contribution in [0.25, 0.3) is 0 Å². The second-order valence-corrected chi connectivity index (χ2v) is 2.83. The number of allylic oxidation sites excluding steroid dienone is 4. The van der Waals surface area contributed by atoms with Gasteiger partial charge in [-0.3, -0.25) is 10.1 Å². The van der Waals surface area contributed by atoms with Crippen molar-refractivity contribution in [1.29, 1.82) is 0 Å². The summed E-state index contributed by atoms with van der Waals surface area (Å²) in [5.74, 6) is 0. The van der Waals surface area contributed by atoms with Crippen LogP contribution in [-0.2, 0) is 0 Å². The molecule has 0 amide bonds. The number of hydrogen-bond donors (Lipinski definition) is 2. The van der Waals surface area contributed by atoms with Crippen molar-refractivity contribution >= 4 is 25.3 Å². The molecule has 0 saturated heterocycles. The molecule has 0 aliphatic rings. The molecule has 0 spiro atoms. The van der Waals surface area contributed by atoms with E-state index in [1.54, 1.807) is 24.3 Å². The first-order chi connectivity index (χ1) is 6.72. The van der Waals surface area contributed by atoms with Gasteiger partial charge in [-0.05, 0) is 23.0 Å². The van der Waals surface area contributed by atoms with E-state index in [0.717, 1.165) is 0 Å². The van der Waals surface area contributed by atoms with Crippen molar-refractivity contribution < 1.29 is 4.92 Å². The first-order valence-electron chi connectivity index (χ1n) is 3.81.